The van der Waals surface area contributed by atoms with Crippen LogP contribution in [0.25, 0.3) is 11.3 Å². The lowest BCUT2D eigenvalue weighted by Gasteiger charge is -2.26. The molecule has 152 valence electrons. The van der Waals surface area contributed by atoms with Crippen LogP contribution in [0.2, 0.25) is 0 Å². The van der Waals surface area contributed by atoms with E-state index in [0.29, 0.717) is 31.1 Å². The van der Waals surface area contributed by atoms with Crippen molar-refractivity contribution < 1.29 is 17.5 Å². The molecule has 1 N–H and O–H groups in total. The van der Waals surface area contributed by atoms with Gasteiger partial charge in [-0.05, 0) is 47.5 Å². The molecule has 0 radical (unpaired) electrons. The average Bonchev–Trinajstić information content (AvgIpc) is 3.12. The summed E-state index contributed by atoms with van der Waals surface area (Å²) in [4.78, 5) is 4.74. The van der Waals surface area contributed by atoms with Gasteiger partial charge in [0.15, 0.2) is 9.84 Å². The van der Waals surface area contributed by atoms with Crippen molar-refractivity contribution in [2.24, 2.45) is 0 Å². The molecule has 6 nitrogen and oxygen atoms in total. The topological polar surface area (TPSA) is 73.2 Å². The molecule has 0 fully saturated rings. The summed E-state index contributed by atoms with van der Waals surface area (Å²) in [6.07, 6.45) is 2.97. The van der Waals surface area contributed by atoms with Crippen LogP contribution < -0.4 is 5.32 Å². The highest BCUT2D eigenvalue weighted by Gasteiger charge is 2.22. The number of aromatic nitrogens is 2. The Morgan fingerprint density at radius 3 is 2.59 bits per heavy atom. The summed E-state index contributed by atoms with van der Waals surface area (Å²) in [5, 5.41) is 3.36. The molecule has 1 aliphatic heterocycles. The normalized spacial score (nSPS) is 16.6. The molecule has 0 saturated carbocycles. The standard InChI is InChI=1S/C21H22FN3O3S/c1-29(26,27)19-8-2-15(3-9-19)10-23-11-18-13-25-20(12-24-21(25)14-28-18)16-4-6-17(22)7-5-16/h2-9,12,18,23H,10-11,13-14H2,1H3. The molecule has 1 unspecified atom stereocenters. The highest BCUT2D eigenvalue weighted by atomic mass is 32.2. The molecule has 0 saturated heterocycles. The summed E-state index contributed by atoms with van der Waals surface area (Å²) >= 11 is 0. The number of halogens is 1. The van der Waals surface area contributed by atoms with Gasteiger partial charge in [-0.1, -0.05) is 12.1 Å². The van der Waals surface area contributed by atoms with Crippen molar-refractivity contribution in [2.75, 3.05) is 12.8 Å². The fourth-order valence-electron chi connectivity index (χ4n) is 3.39. The molecule has 1 aromatic heterocycles. The van der Waals surface area contributed by atoms with Gasteiger partial charge in [-0.3, -0.25) is 0 Å². The van der Waals surface area contributed by atoms with Gasteiger partial charge < -0.3 is 14.6 Å². The number of benzene rings is 2. The number of hydrogen-bond donors (Lipinski definition) is 1. The first-order valence-corrected chi connectivity index (χ1v) is 11.2. The maximum absolute atomic E-state index is 13.2. The van der Waals surface area contributed by atoms with E-state index in [-0.39, 0.29) is 11.9 Å². The van der Waals surface area contributed by atoms with E-state index in [0.717, 1.165) is 22.6 Å². The van der Waals surface area contributed by atoms with E-state index in [4.69, 9.17) is 4.74 Å². The largest absolute Gasteiger partial charge is 0.367 e. The van der Waals surface area contributed by atoms with Crippen LogP contribution in [0.3, 0.4) is 0 Å². The summed E-state index contributed by atoms with van der Waals surface area (Å²) in [7, 11) is -3.18. The van der Waals surface area contributed by atoms with Gasteiger partial charge in [-0.25, -0.2) is 17.8 Å². The predicted octanol–water partition coefficient (Wildman–Crippen LogP) is 2.78. The van der Waals surface area contributed by atoms with Crippen LogP contribution in [0.4, 0.5) is 4.39 Å². The van der Waals surface area contributed by atoms with E-state index in [2.05, 4.69) is 14.9 Å². The molecular weight excluding hydrogens is 393 g/mol. The number of rotatable bonds is 6. The van der Waals surface area contributed by atoms with E-state index in [1.165, 1.54) is 18.4 Å². The predicted molar refractivity (Wildman–Crippen MR) is 107 cm³/mol. The molecule has 29 heavy (non-hydrogen) atoms. The maximum Gasteiger partial charge on any atom is 0.175 e. The Labute approximate surface area is 169 Å². The second-order valence-corrected chi connectivity index (χ2v) is 9.17. The Morgan fingerprint density at radius 2 is 1.90 bits per heavy atom. The van der Waals surface area contributed by atoms with Crippen LogP contribution in [0.1, 0.15) is 11.4 Å². The molecule has 8 heteroatoms. The molecule has 2 aromatic carbocycles. The van der Waals surface area contributed by atoms with Crippen LogP contribution in [-0.4, -0.2) is 36.9 Å². The van der Waals surface area contributed by atoms with Gasteiger partial charge in [0.1, 0.15) is 18.2 Å². The van der Waals surface area contributed by atoms with Crippen molar-refractivity contribution in [1.82, 2.24) is 14.9 Å². The Balaban J connectivity index is 1.37. The zero-order valence-electron chi connectivity index (χ0n) is 16.0. The third kappa shape index (κ3) is 4.55. The monoisotopic (exact) mass is 415 g/mol. The van der Waals surface area contributed by atoms with E-state index >= 15 is 0 Å². The van der Waals surface area contributed by atoms with Gasteiger partial charge in [0, 0.05) is 19.3 Å². The quantitative estimate of drug-likeness (QED) is 0.670. The average molecular weight is 415 g/mol. The summed E-state index contributed by atoms with van der Waals surface area (Å²) in [6, 6.07) is 13.3. The minimum absolute atomic E-state index is 0.0220. The molecule has 4 rings (SSSR count). The second-order valence-electron chi connectivity index (χ2n) is 7.16. The van der Waals surface area contributed by atoms with E-state index in [1.54, 1.807) is 30.5 Å². The lowest BCUT2D eigenvalue weighted by molar-refractivity contribution is 0.00326. The zero-order chi connectivity index (χ0) is 20.4. The third-order valence-corrected chi connectivity index (χ3v) is 6.09. The zero-order valence-corrected chi connectivity index (χ0v) is 16.8. The highest BCUT2D eigenvalue weighted by Crippen LogP contribution is 2.25. The summed E-state index contributed by atoms with van der Waals surface area (Å²) in [5.41, 5.74) is 2.87. The minimum Gasteiger partial charge on any atom is -0.367 e. The maximum atomic E-state index is 13.2. The third-order valence-electron chi connectivity index (χ3n) is 4.97. The summed E-state index contributed by atoms with van der Waals surface area (Å²) in [5.74, 6) is 0.596. The Hall–Kier alpha value is -2.55. The number of hydrogen-bond acceptors (Lipinski definition) is 5. The van der Waals surface area contributed by atoms with Gasteiger partial charge >= 0.3 is 0 Å². The van der Waals surface area contributed by atoms with Crippen molar-refractivity contribution in [3.05, 3.63) is 71.9 Å². The van der Waals surface area contributed by atoms with Crippen molar-refractivity contribution >= 4 is 9.84 Å². The van der Waals surface area contributed by atoms with Crippen molar-refractivity contribution in [2.45, 2.75) is 30.7 Å². The molecule has 0 aliphatic carbocycles. The van der Waals surface area contributed by atoms with Crippen LogP contribution >= 0.6 is 0 Å². The lowest BCUT2D eigenvalue weighted by Crippen LogP contribution is -2.36. The number of fused-ring (bicyclic) bond motifs is 1. The highest BCUT2D eigenvalue weighted by molar-refractivity contribution is 7.90. The fraction of sp³-hybridized carbons (Fsp3) is 0.286. The van der Waals surface area contributed by atoms with Crippen LogP contribution in [0.5, 0.6) is 0 Å². The van der Waals surface area contributed by atoms with E-state index in [9.17, 15) is 12.8 Å². The first-order valence-electron chi connectivity index (χ1n) is 9.32. The van der Waals surface area contributed by atoms with Crippen LogP contribution in [-0.2, 0) is 34.3 Å². The Kier molecular flexibility index (Phi) is 5.49. The van der Waals surface area contributed by atoms with Gasteiger partial charge in [0.05, 0.1) is 29.4 Å². The molecule has 1 atom stereocenters. The molecule has 0 bridgehead atoms. The Morgan fingerprint density at radius 1 is 1.17 bits per heavy atom. The van der Waals surface area contributed by atoms with Crippen molar-refractivity contribution in [3.63, 3.8) is 0 Å². The smallest absolute Gasteiger partial charge is 0.175 e. The first-order chi connectivity index (χ1) is 13.9. The van der Waals surface area contributed by atoms with Crippen molar-refractivity contribution in [1.29, 1.82) is 0 Å². The van der Waals surface area contributed by atoms with Gasteiger partial charge in [0.2, 0.25) is 0 Å². The van der Waals surface area contributed by atoms with E-state index in [1.807, 2.05) is 12.1 Å². The summed E-state index contributed by atoms with van der Waals surface area (Å²) < 4.78 is 44.3. The van der Waals surface area contributed by atoms with Gasteiger partial charge in [-0.2, -0.15) is 0 Å². The number of sulfone groups is 1. The van der Waals surface area contributed by atoms with Crippen LogP contribution in [0, 0.1) is 5.82 Å². The molecule has 0 amide bonds. The Bertz CT molecular complexity index is 1090. The molecule has 0 spiro atoms. The number of ether oxygens (including phenoxy) is 1. The SMILES string of the molecule is CS(=O)(=O)c1ccc(CNCC2Cn3c(-c4ccc(F)cc4)cnc3CO2)cc1. The fourth-order valence-corrected chi connectivity index (χ4v) is 4.02. The van der Waals surface area contributed by atoms with Crippen LogP contribution in [0.15, 0.2) is 59.6 Å². The minimum atomic E-state index is -3.18. The molecule has 1 aliphatic rings. The van der Waals surface area contributed by atoms with Gasteiger partial charge in [-0.15, -0.1) is 0 Å². The number of nitrogens with one attached hydrogen (secondary N) is 1. The molecule has 3 aromatic rings. The van der Waals surface area contributed by atoms with Gasteiger partial charge in [0.25, 0.3) is 0 Å². The molecule has 2 heterocycles. The first kappa shape index (κ1) is 19.8. The summed E-state index contributed by atoms with van der Waals surface area (Å²) in [6.45, 7) is 2.35. The second kappa shape index (κ2) is 8.06. The number of imidazole rings is 1. The van der Waals surface area contributed by atoms with Crippen molar-refractivity contribution in [3.8, 4) is 11.3 Å². The van der Waals surface area contributed by atoms with E-state index < -0.39 is 9.84 Å². The lowest BCUT2D eigenvalue weighted by atomic mass is 10.1. The molecular formula is C21H22FN3O3S. The number of nitrogens with zero attached hydrogens (tertiary/aromatic N) is 2.